The molecular weight excluding hydrogens is 310 g/mol. The van der Waals surface area contributed by atoms with Crippen LogP contribution in [0.15, 0.2) is 72.8 Å². The lowest BCUT2D eigenvalue weighted by atomic mass is 10.0. The Bertz CT molecular complexity index is 861. The Balaban J connectivity index is 1.48. The molecule has 0 aliphatic carbocycles. The molecule has 4 rings (SSSR count). The van der Waals surface area contributed by atoms with Crippen LogP contribution in [0.25, 0.3) is 11.1 Å². The first-order valence-electron chi connectivity index (χ1n) is 8.57. The van der Waals surface area contributed by atoms with Crippen LogP contribution in [0.5, 0.6) is 11.5 Å². The third-order valence-corrected chi connectivity index (χ3v) is 4.54. The molecule has 1 heterocycles. The number of rotatable bonds is 5. The molecule has 1 aliphatic heterocycles. The fraction of sp³-hybridized carbons (Fsp3) is 0.182. The van der Waals surface area contributed by atoms with Crippen molar-refractivity contribution >= 4 is 0 Å². The molecule has 1 atom stereocenters. The molecule has 0 saturated heterocycles. The summed E-state index contributed by atoms with van der Waals surface area (Å²) in [6.07, 6.45) is 0. The summed E-state index contributed by atoms with van der Waals surface area (Å²) in [6.45, 7) is 3.32. The van der Waals surface area contributed by atoms with Gasteiger partial charge in [-0.3, -0.25) is 0 Å². The Morgan fingerprint density at radius 1 is 0.840 bits per heavy atom. The fourth-order valence-electron chi connectivity index (χ4n) is 3.07. The normalized spacial score (nSPS) is 13.6. The lowest BCUT2D eigenvalue weighted by Crippen LogP contribution is -2.17. The summed E-state index contributed by atoms with van der Waals surface area (Å²) in [5, 5.41) is 3.59. The van der Waals surface area contributed by atoms with Crippen molar-refractivity contribution in [3.05, 3.63) is 83.9 Å². The minimum absolute atomic E-state index is 0.306. The van der Waals surface area contributed by atoms with Crippen LogP contribution in [-0.2, 0) is 6.54 Å². The number of nitrogens with one attached hydrogen (secondary N) is 1. The van der Waals surface area contributed by atoms with Crippen LogP contribution in [0.3, 0.4) is 0 Å². The number of hydrogen-bond acceptors (Lipinski definition) is 3. The highest BCUT2D eigenvalue weighted by atomic mass is 16.7. The summed E-state index contributed by atoms with van der Waals surface area (Å²) >= 11 is 0. The van der Waals surface area contributed by atoms with Crippen molar-refractivity contribution < 1.29 is 9.47 Å². The second-order valence-electron chi connectivity index (χ2n) is 6.28. The van der Waals surface area contributed by atoms with Gasteiger partial charge in [-0.05, 0) is 47.4 Å². The van der Waals surface area contributed by atoms with Crippen molar-refractivity contribution in [2.24, 2.45) is 0 Å². The highest BCUT2D eigenvalue weighted by Gasteiger charge is 2.14. The zero-order valence-electron chi connectivity index (χ0n) is 14.2. The largest absolute Gasteiger partial charge is 0.454 e. The Morgan fingerprint density at radius 3 is 2.52 bits per heavy atom. The Hall–Kier alpha value is -2.78. The third-order valence-electron chi connectivity index (χ3n) is 4.54. The van der Waals surface area contributed by atoms with Gasteiger partial charge < -0.3 is 14.8 Å². The molecule has 3 nitrogen and oxygen atoms in total. The van der Waals surface area contributed by atoms with E-state index in [4.69, 9.17) is 9.47 Å². The van der Waals surface area contributed by atoms with Gasteiger partial charge in [0.2, 0.25) is 6.79 Å². The molecule has 1 aliphatic rings. The third kappa shape index (κ3) is 3.52. The van der Waals surface area contributed by atoms with Crippen LogP contribution >= 0.6 is 0 Å². The first-order valence-corrected chi connectivity index (χ1v) is 8.57. The number of fused-ring (bicyclic) bond motifs is 1. The van der Waals surface area contributed by atoms with E-state index in [2.05, 4.69) is 66.8 Å². The van der Waals surface area contributed by atoms with E-state index in [1.807, 2.05) is 18.2 Å². The van der Waals surface area contributed by atoms with Crippen molar-refractivity contribution in [3.63, 3.8) is 0 Å². The fourth-order valence-corrected chi connectivity index (χ4v) is 3.07. The van der Waals surface area contributed by atoms with E-state index < -0.39 is 0 Å². The van der Waals surface area contributed by atoms with Crippen LogP contribution in [-0.4, -0.2) is 6.79 Å². The van der Waals surface area contributed by atoms with Crippen molar-refractivity contribution in [2.75, 3.05) is 6.79 Å². The van der Waals surface area contributed by atoms with Crippen molar-refractivity contribution in [1.29, 1.82) is 0 Å². The Kier molecular flexibility index (Phi) is 4.40. The van der Waals surface area contributed by atoms with Crippen LogP contribution in [0.2, 0.25) is 0 Å². The average Bonchev–Trinajstić information content (AvgIpc) is 3.15. The van der Waals surface area contributed by atoms with Crippen LogP contribution in [0.1, 0.15) is 24.1 Å². The zero-order valence-corrected chi connectivity index (χ0v) is 14.2. The summed E-state index contributed by atoms with van der Waals surface area (Å²) in [7, 11) is 0. The number of ether oxygens (including phenoxy) is 2. The van der Waals surface area contributed by atoms with Crippen LogP contribution in [0.4, 0.5) is 0 Å². The molecule has 0 amide bonds. The van der Waals surface area contributed by atoms with Gasteiger partial charge in [0.1, 0.15) is 0 Å². The quantitative estimate of drug-likeness (QED) is 0.719. The second-order valence-corrected chi connectivity index (χ2v) is 6.28. The Labute approximate surface area is 148 Å². The maximum atomic E-state index is 5.48. The minimum atomic E-state index is 0.306. The van der Waals surface area contributed by atoms with Gasteiger partial charge in [-0.25, -0.2) is 0 Å². The van der Waals surface area contributed by atoms with Gasteiger partial charge in [0.25, 0.3) is 0 Å². The van der Waals surface area contributed by atoms with Crippen molar-refractivity contribution in [2.45, 2.75) is 19.5 Å². The highest BCUT2D eigenvalue weighted by Crippen LogP contribution is 2.36. The first kappa shape index (κ1) is 15.7. The van der Waals surface area contributed by atoms with E-state index in [0.717, 1.165) is 23.6 Å². The molecule has 0 spiro atoms. The predicted molar refractivity (Wildman–Crippen MR) is 99.7 cm³/mol. The van der Waals surface area contributed by atoms with E-state index in [9.17, 15) is 0 Å². The molecule has 25 heavy (non-hydrogen) atoms. The smallest absolute Gasteiger partial charge is 0.231 e. The highest BCUT2D eigenvalue weighted by molar-refractivity contribution is 5.68. The summed E-state index contributed by atoms with van der Waals surface area (Å²) in [5.74, 6) is 1.64. The standard InChI is InChI=1S/C22H21NO2/c1-16(18-7-3-2-4-8-18)23-14-17-6-5-9-19(12-17)20-10-11-21-22(13-20)25-15-24-21/h2-13,16,23H,14-15H2,1H3/t16-/m1/s1. The van der Waals surface area contributed by atoms with Gasteiger partial charge in [-0.2, -0.15) is 0 Å². The summed E-state index contributed by atoms with van der Waals surface area (Å²) < 4.78 is 10.9. The van der Waals surface area contributed by atoms with Gasteiger partial charge >= 0.3 is 0 Å². The van der Waals surface area contributed by atoms with Gasteiger partial charge in [-0.15, -0.1) is 0 Å². The van der Waals surface area contributed by atoms with E-state index in [1.54, 1.807) is 0 Å². The van der Waals surface area contributed by atoms with E-state index >= 15 is 0 Å². The van der Waals surface area contributed by atoms with E-state index in [1.165, 1.54) is 16.7 Å². The lowest BCUT2D eigenvalue weighted by molar-refractivity contribution is 0.174. The zero-order chi connectivity index (χ0) is 17.1. The monoisotopic (exact) mass is 331 g/mol. The molecule has 0 aromatic heterocycles. The predicted octanol–water partition coefficient (Wildman–Crippen LogP) is 4.93. The molecule has 3 heteroatoms. The van der Waals surface area contributed by atoms with Crippen LogP contribution in [0, 0.1) is 0 Å². The first-order chi connectivity index (χ1) is 12.3. The van der Waals surface area contributed by atoms with E-state index in [0.29, 0.717) is 12.8 Å². The minimum Gasteiger partial charge on any atom is -0.454 e. The Morgan fingerprint density at radius 2 is 1.64 bits per heavy atom. The second kappa shape index (κ2) is 6.99. The maximum Gasteiger partial charge on any atom is 0.231 e. The molecule has 1 N–H and O–H groups in total. The molecule has 0 bridgehead atoms. The summed E-state index contributed by atoms with van der Waals surface area (Å²) in [5.41, 5.74) is 4.89. The van der Waals surface area contributed by atoms with Gasteiger partial charge in [0, 0.05) is 12.6 Å². The molecule has 0 radical (unpaired) electrons. The SMILES string of the molecule is C[C@@H](NCc1cccc(-c2ccc3c(c2)OCO3)c1)c1ccccc1. The van der Waals surface area contributed by atoms with Crippen LogP contribution < -0.4 is 14.8 Å². The van der Waals surface area contributed by atoms with Gasteiger partial charge in [-0.1, -0.05) is 54.6 Å². The molecule has 126 valence electrons. The molecule has 3 aromatic rings. The number of benzene rings is 3. The number of hydrogen-bond donors (Lipinski definition) is 1. The summed E-state index contributed by atoms with van der Waals surface area (Å²) in [4.78, 5) is 0. The molecule has 0 fully saturated rings. The van der Waals surface area contributed by atoms with Crippen molar-refractivity contribution in [1.82, 2.24) is 5.32 Å². The molecule has 0 saturated carbocycles. The maximum absolute atomic E-state index is 5.48. The topological polar surface area (TPSA) is 30.5 Å². The van der Waals surface area contributed by atoms with Crippen molar-refractivity contribution in [3.8, 4) is 22.6 Å². The lowest BCUT2D eigenvalue weighted by Gasteiger charge is -2.15. The summed E-state index contributed by atoms with van der Waals surface area (Å²) in [6, 6.07) is 25.5. The average molecular weight is 331 g/mol. The molecular formula is C22H21NO2. The van der Waals surface area contributed by atoms with Gasteiger partial charge in [0.15, 0.2) is 11.5 Å². The molecule has 3 aromatic carbocycles. The molecule has 0 unspecified atom stereocenters. The van der Waals surface area contributed by atoms with Gasteiger partial charge in [0.05, 0.1) is 0 Å². The van der Waals surface area contributed by atoms with E-state index in [-0.39, 0.29) is 0 Å².